The highest BCUT2D eigenvalue weighted by Gasteiger charge is 2.11. The molecule has 0 heterocycles. The molecule has 6 heteroatoms. The number of benzene rings is 2. The zero-order chi connectivity index (χ0) is 13.8. The highest BCUT2D eigenvalue weighted by Crippen LogP contribution is 2.23. The van der Waals surface area contributed by atoms with Gasteiger partial charge in [0.15, 0.2) is 0 Å². The Morgan fingerprint density at radius 3 is 2.53 bits per heavy atom. The van der Waals surface area contributed by atoms with Gasteiger partial charge < -0.3 is 10.5 Å². The number of halogens is 1. The molecule has 0 radical (unpaired) electrons. The molecule has 2 aromatic rings. The van der Waals surface area contributed by atoms with Gasteiger partial charge in [0.05, 0.1) is 4.92 Å². The summed E-state index contributed by atoms with van der Waals surface area (Å²) in [6, 6.07) is 12.0. The highest BCUT2D eigenvalue weighted by molar-refractivity contribution is 9.10. The van der Waals surface area contributed by atoms with Gasteiger partial charge in [0.1, 0.15) is 18.0 Å². The van der Waals surface area contributed by atoms with Gasteiger partial charge in [-0.25, -0.2) is 0 Å². The first-order valence-electron chi connectivity index (χ1n) is 5.47. The number of nitrogen functional groups attached to an aromatic ring is 1. The summed E-state index contributed by atoms with van der Waals surface area (Å²) in [5.74, 6) is 0.697. The SMILES string of the molecule is Nc1ccc(COc2ccc(Br)cc2)cc1[N+](=O)[O-]. The first kappa shape index (κ1) is 13.4. The number of nitrogens with zero attached hydrogens (tertiary/aromatic N) is 1. The van der Waals surface area contributed by atoms with Crippen molar-refractivity contribution in [1.29, 1.82) is 0 Å². The van der Waals surface area contributed by atoms with Gasteiger partial charge in [-0.2, -0.15) is 0 Å². The van der Waals surface area contributed by atoms with Gasteiger partial charge in [-0.05, 0) is 35.9 Å². The molecular weight excluding hydrogens is 312 g/mol. The van der Waals surface area contributed by atoms with Crippen LogP contribution in [0.5, 0.6) is 5.75 Å². The van der Waals surface area contributed by atoms with Crippen LogP contribution >= 0.6 is 15.9 Å². The molecule has 0 saturated carbocycles. The molecule has 0 atom stereocenters. The van der Waals surface area contributed by atoms with Gasteiger partial charge in [0, 0.05) is 10.5 Å². The fraction of sp³-hybridized carbons (Fsp3) is 0.0769. The predicted molar refractivity (Wildman–Crippen MR) is 76.0 cm³/mol. The Balaban J connectivity index is 2.09. The average Bonchev–Trinajstić information content (AvgIpc) is 2.39. The smallest absolute Gasteiger partial charge is 0.292 e. The first-order chi connectivity index (χ1) is 9.06. The van der Waals surface area contributed by atoms with E-state index < -0.39 is 4.92 Å². The van der Waals surface area contributed by atoms with Gasteiger partial charge in [0.25, 0.3) is 5.69 Å². The minimum Gasteiger partial charge on any atom is -0.489 e. The first-order valence-corrected chi connectivity index (χ1v) is 6.27. The molecule has 0 aromatic heterocycles. The van der Waals surface area contributed by atoms with Crippen molar-refractivity contribution in [3.8, 4) is 5.75 Å². The Labute approximate surface area is 118 Å². The van der Waals surface area contributed by atoms with Crippen LogP contribution in [0.2, 0.25) is 0 Å². The number of nitro benzene ring substituents is 1. The molecule has 0 spiro atoms. The lowest BCUT2D eigenvalue weighted by Gasteiger charge is -2.07. The van der Waals surface area contributed by atoms with Crippen molar-refractivity contribution in [3.63, 3.8) is 0 Å². The molecule has 0 fully saturated rings. The topological polar surface area (TPSA) is 78.4 Å². The van der Waals surface area contributed by atoms with Gasteiger partial charge in [-0.1, -0.05) is 22.0 Å². The molecule has 0 unspecified atom stereocenters. The lowest BCUT2D eigenvalue weighted by molar-refractivity contribution is -0.384. The van der Waals surface area contributed by atoms with E-state index in [2.05, 4.69) is 15.9 Å². The Hall–Kier alpha value is -2.08. The summed E-state index contributed by atoms with van der Waals surface area (Å²) in [5, 5.41) is 10.8. The van der Waals surface area contributed by atoms with Crippen LogP contribution in [0.15, 0.2) is 46.9 Å². The van der Waals surface area contributed by atoms with Gasteiger partial charge in [0.2, 0.25) is 0 Å². The van der Waals surface area contributed by atoms with Crippen LogP contribution in [0, 0.1) is 10.1 Å². The molecule has 2 rings (SSSR count). The number of nitrogens with two attached hydrogens (primary N) is 1. The molecule has 0 aliphatic carbocycles. The fourth-order valence-electron chi connectivity index (χ4n) is 1.53. The highest BCUT2D eigenvalue weighted by atomic mass is 79.9. The molecule has 0 amide bonds. The number of rotatable bonds is 4. The van der Waals surface area contributed by atoms with Crippen molar-refractivity contribution in [2.75, 3.05) is 5.73 Å². The summed E-state index contributed by atoms with van der Waals surface area (Å²) in [6.07, 6.45) is 0. The van der Waals surface area contributed by atoms with E-state index >= 15 is 0 Å². The normalized spacial score (nSPS) is 10.2. The summed E-state index contributed by atoms with van der Waals surface area (Å²) < 4.78 is 6.50. The van der Waals surface area contributed by atoms with Crippen LogP contribution in [0.25, 0.3) is 0 Å². The second-order valence-corrected chi connectivity index (χ2v) is 4.81. The molecule has 5 nitrogen and oxygen atoms in total. The van der Waals surface area contributed by atoms with E-state index in [-0.39, 0.29) is 18.0 Å². The number of anilines is 1. The van der Waals surface area contributed by atoms with Crippen LogP contribution < -0.4 is 10.5 Å². The molecule has 0 bridgehead atoms. The quantitative estimate of drug-likeness (QED) is 0.530. The van der Waals surface area contributed by atoms with Crippen LogP contribution in [0.4, 0.5) is 11.4 Å². The van der Waals surface area contributed by atoms with Gasteiger partial charge in [-0.3, -0.25) is 10.1 Å². The van der Waals surface area contributed by atoms with E-state index in [1.54, 1.807) is 6.07 Å². The van der Waals surface area contributed by atoms with Crippen molar-refractivity contribution in [2.24, 2.45) is 0 Å². The summed E-state index contributed by atoms with van der Waals surface area (Å²) in [4.78, 5) is 10.3. The minimum absolute atomic E-state index is 0.100. The average molecular weight is 323 g/mol. The molecule has 0 aliphatic heterocycles. The van der Waals surface area contributed by atoms with Crippen molar-refractivity contribution in [3.05, 3.63) is 62.6 Å². The molecular formula is C13H11BrN2O3. The van der Waals surface area contributed by atoms with E-state index in [0.717, 1.165) is 4.47 Å². The maximum Gasteiger partial charge on any atom is 0.292 e. The van der Waals surface area contributed by atoms with E-state index in [4.69, 9.17) is 10.5 Å². The summed E-state index contributed by atoms with van der Waals surface area (Å²) in [6.45, 7) is 0.253. The Morgan fingerprint density at radius 2 is 1.89 bits per heavy atom. The summed E-state index contributed by atoms with van der Waals surface area (Å²) in [5.41, 5.74) is 6.27. The van der Waals surface area contributed by atoms with E-state index in [9.17, 15) is 10.1 Å². The van der Waals surface area contributed by atoms with Crippen LogP contribution in [-0.2, 0) is 6.61 Å². The van der Waals surface area contributed by atoms with Gasteiger partial charge >= 0.3 is 0 Å². The zero-order valence-corrected chi connectivity index (χ0v) is 11.5. The predicted octanol–water partition coefficient (Wildman–Crippen LogP) is 3.52. The van der Waals surface area contributed by atoms with Crippen LogP contribution in [-0.4, -0.2) is 4.92 Å². The minimum atomic E-state index is -0.502. The molecule has 2 N–H and O–H groups in total. The Morgan fingerprint density at radius 1 is 1.21 bits per heavy atom. The number of hydrogen-bond acceptors (Lipinski definition) is 4. The molecule has 2 aromatic carbocycles. The Bertz CT molecular complexity index is 599. The third-order valence-corrected chi connectivity index (χ3v) is 3.04. The zero-order valence-electron chi connectivity index (χ0n) is 9.88. The second kappa shape index (κ2) is 5.71. The van der Waals surface area contributed by atoms with Crippen molar-refractivity contribution in [1.82, 2.24) is 0 Å². The molecule has 19 heavy (non-hydrogen) atoms. The Kier molecular flexibility index (Phi) is 4.01. The molecule has 98 valence electrons. The monoisotopic (exact) mass is 322 g/mol. The van der Waals surface area contributed by atoms with Crippen molar-refractivity contribution >= 4 is 27.3 Å². The van der Waals surface area contributed by atoms with E-state index in [0.29, 0.717) is 11.3 Å². The lowest BCUT2D eigenvalue weighted by Crippen LogP contribution is -2.00. The molecule has 0 aliphatic rings. The summed E-state index contributed by atoms with van der Waals surface area (Å²) >= 11 is 3.33. The number of nitro groups is 1. The van der Waals surface area contributed by atoms with Crippen molar-refractivity contribution < 1.29 is 9.66 Å². The van der Waals surface area contributed by atoms with Crippen LogP contribution in [0.1, 0.15) is 5.56 Å². The maximum absolute atomic E-state index is 10.8. The van der Waals surface area contributed by atoms with Crippen LogP contribution in [0.3, 0.4) is 0 Å². The third kappa shape index (κ3) is 3.45. The number of ether oxygens (including phenoxy) is 1. The molecule has 0 saturated heterocycles. The standard InChI is InChI=1S/C13H11BrN2O3/c14-10-2-4-11(5-3-10)19-8-9-1-6-12(15)13(7-9)16(17)18/h1-7H,8,15H2. The maximum atomic E-state index is 10.8. The van der Waals surface area contributed by atoms with E-state index in [1.807, 2.05) is 24.3 Å². The van der Waals surface area contributed by atoms with Gasteiger partial charge in [-0.15, -0.1) is 0 Å². The second-order valence-electron chi connectivity index (χ2n) is 3.89. The van der Waals surface area contributed by atoms with Crippen molar-refractivity contribution in [2.45, 2.75) is 6.61 Å². The largest absolute Gasteiger partial charge is 0.489 e. The van der Waals surface area contributed by atoms with E-state index in [1.165, 1.54) is 12.1 Å². The lowest BCUT2D eigenvalue weighted by atomic mass is 10.2. The third-order valence-electron chi connectivity index (χ3n) is 2.51. The number of hydrogen-bond donors (Lipinski definition) is 1. The summed E-state index contributed by atoms with van der Waals surface area (Å²) in [7, 11) is 0. The fourth-order valence-corrected chi connectivity index (χ4v) is 1.80.